The second kappa shape index (κ2) is 3.58. The molecule has 0 aromatic heterocycles. The van der Waals surface area contributed by atoms with Gasteiger partial charge >= 0.3 is 0 Å². The summed E-state index contributed by atoms with van der Waals surface area (Å²) in [5.41, 5.74) is 1.26. The molecule has 15 heavy (non-hydrogen) atoms. The normalized spacial score (nSPS) is 23.8. The molecule has 1 fully saturated rings. The maximum absolute atomic E-state index is 9.24. The van der Waals surface area contributed by atoms with Gasteiger partial charge in [-0.15, -0.1) is 0 Å². The third-order valence-electron chi connectivity index (χ3n) is 3.26. The Balaban J connectivity index is 2.30. The average Bonchev–Trinajstić information content (AvgIpc) is 2.54. The number of hydrogen-bond acceptors (Lipinski definition) is 2. The Kier molecular flexibility index (Phi) is 2.40. The Bertz CT molecular complexity index is 375. The van der Waals surface area contributed by atoms with Crippen molar-refractivity contribution in [2.75, 3.05) is 11.4 Å². The fourth-order valence-corrected chi connectivity index (χ4v) is 2.24. The molecule has 1 atom stereocenters. The van der Waals surface area contributed by atoms with E-state index in [1.807, 2.05) is 18.2 Å². The number of anilines is 1. The number of nitrogens with zero attached hydrogens (tertiary/aromatic N) is 2. The zero-order valence-corrected chi connectivity index (χ0v) is 9.27. The lowest BCUT2D eigenvalue weighted by atomic mass is 9.85. The fraction of sp³-hybridized carbons (Fsp3) is 0.462. The summed E-state index contributed by atoms with van der Waals surface area (Å²) in [6, 6.07) is 12.6. The number of benzene rings is 1. The SMILES string of the molecule is CC1(C)CCN(c2ccccc2)C1C#N. The highest BCUT2D eigenvalue weighted by Gasteiger charge is 2.40. The van der Waals surface area contributed by atoms with Gasteiger partial charge in [-0.05, 0) is 18.6 Å². The molecule has 2 nitrogen and oxygen atoms in total. The van der Waals surface area contributed by atoms with Crippen molar-refractivity contribution in [3.63, 3.8) is 0 Å². The maximum atomic E-state index is 9.24. The third-order valence-corrected chi connectivity index (χ3v) is 3.26. The highest BCUT2D eigenvalue weighted by molar-refractivity contribution is 5.50. The highest BCUT2D eigenvalue weighted by atomic mass is 15.2. The summed E-state index contributed by atoms with van der Waals surface area (Å²) >= 11 is 0. The van der Waals surface area contributed by atoms with E-state index in [1.54, 1.807) is 0 Å². The molecule has 0 aliphatic carbocycles. The Hall–Kier alpha value is -1.49. The van der Waals surface area contributed by atoms with Crippen molar-refractivity contribution >= 4 is 5.69 Å². The van der Waals surface area contributed by atoms with E-state index in [-0.39, 0.29) is 11.5 Å². The summed E-state index contributed by atoms with van der Waals surface area (Å²) in [6.45, 7) is 5.32. The van der Waals surface area contributed by atoms with Crippen LogP contribution in [-0.4, -0.2) is 12.6 Å². The summed E-state index contributed by atoms with van der Waals surface area (Å²) < 4.78 is 0. The second-order valence-corrected chi connectivity index (χ2v) is 4.80. The quantitative estimate of drug-likeness (QED) is 0.697. The smallest absolute Gasteiger partial charge is 0.122 e. The van der Waals surface area contributed by atoms with Crippen LogP contribution in [0.1, 0.15) is 20.3 Å². The first-order chi connectivity index (χ1) is 7.15. The second-order valence-electron chi connectivity index (χ2n) is 4.80. The van der Waals surface area contributed by atoms with Crippen molar-refractivity contribution in [1.29, 1.82) is 5.26 Å². The summed E-state index contributed by atoms with van der Waals surface area (Å²) in [4.78, 5) is 2.21. The first-order valence-electron chi connectivity index (χ1n) is 5.36. The van der Waals surface area contributed by atoms with E-state index in [0.717, 1.165) is 18.7 Å². The van der Waals surface area contributed by atoms with Gasteiger partial charge in [-0.2, -0.15) is 5.26 Å². The van der Waals surface area contributed by atoms with Crippen LogP contribution in [0.15, 0.2) is 30.3 Å². The first kappa shape index (κ1) is 10.0. The van der Waals surface area contributed by atoms with Crippen LogP contribution in [0.4, 0.5) is 5.69 Å². The average molecular weight is 200 g/mol. The topological polar surface area (TPSA) is 27.0 Å². The monoisotopic (exact) mass is 200 g/mol. The van der Waals surface area contributed by atoms with Crippen LogP contribution in [0.2, 0.25) is 0 Å². The molecule has 0 radical (unpaired) electrons. The molecule has 0 saturated carbocycles. The summed E-state index contributed by atoms with van der Waals surface area (Å²) in [6.07, 6.45) is 1.08. The van der Waals surface area contributed by atoms with E-state index in [2.05, 4.69) is 36.9 Å². The van der Waals surface area contributed by atoms with Crippen LogP contribution in [0.3, 0.4) is 0 Å². The van der Waals surface area contributed by atoms with E-state index < -0.39 is 0 Å². The van der Waals surface area contributed by atoms with Crippen molar-refractivity contribution in [2.45, 2.75) is 26.3 Å². The van der Waals surface area contributed by atoms with E-state index in [9.17, 15) is 5.26 Å². The van der Waals surface area contributed by atoms with Crippen LogP contribution in [0.25, 0.3) is 0 Å². The van der Waals surface area contributed by atoms with E-state index in [4.69, 9.17) is 0 Å². The maximum Gasteiger partial charge on any atom is 0.122 e. The van der Waals surface area contributed by atoms with Crippen LogP contribution in [0, 0.1) is 16.7 Å². The van der Waals surface area contributed by atoms with Gasteiger partial charge in [-0.25, -0.2) is 0 Å². The van der Waals surface area contributed by atoms with Gasteiger partial charge in [0.2, 0.25) is 0 Å². The molecule has 0 N–H and O–H groups in total. The number of hydrogen-bond donors (Lipinski definition) is 0. The summed E-state index contributed by atoms with van der Waals surface area (Å²) in [5.74, 6) is 0. The van der Waals surface area contributed by atoms with Crippen molar-refractivity contribution in [3.05, 3.63) is 30.3 Å². The molecule has 1 unspecified atom stereocenters. The Morgan fingerprint density at radius 1 is 1.33 bits per heavy atom. The van der Waals surface area contributed by atoms with E-state index in [0.29, 0.717) is 0 Å². The molecule has 2 rings (SSSR count). The van der Waals surface area contributed by atoms with Crippen molar-refractivity contribution in [1.82, 2.24) is 0 Å². The number of para-hydroxylation sites is 1. The highest BCUT2D eigenvalue weighted by Crippen LogP contribution is 2.38. The minimum absolute atomic E-state index is 0.0000926. The lowest BCUT2D eigenvalue weighted by Gasteiger charge is -2.28. The lowest BCUT2D eigenvalue weighted by molar-refractivity contribution is 0.373. The van der Waals surface area contributed by atoms with Gasteiger partial charge in [0.25, 0.3) is 0 Å². The number of rotatable bonds is 1. The Labute approximate surface area is 91.1 Å². The lowest BCUT2D eigenvalue weighted by Crippen LogP contribution is -2.35. The molecule has 1 aliphatic heterocycles. The molecular weight excluding hydrogens is 184 g/mol. The van der Waals surface area contributed by atoms with Crippen LogP contribution >= 0.6 is 0 Å². The standard InChI is InChI=1S/C13H16N2/c1-13(2)8-9-15(12(13)10-14)11-6-4-3-5-7-11/h3-7,12H,8-9H2,1-2H3. The van der Waals surface area contributed by atoms with E-state index in [1.165, 1.54) is 0 Å². The molecule has 1 saturated heterocycles. The predicted octanol–water partition coefficient (Wildman–Crippen LogP) is 2.82. The zero-order valence-electron chi connectivity index (χ0n) is 9.27. The van der Waals surface area contributed by atoms with Crippen molar-refractivity contribution in [2.24, 2.45) is 5.41 Å². The Morgan fingerprint density at radius 2 is 2.00 bits per heavy atom. The molecule has 1 aromatic carbocycles. The molecule has 2 heteroatoms. The molecule has 1 aromatic rings. The van der Waals surface area contributed by atoms with Crippen LogP contribution in [0.5, 0.6) is 0 Å². The van der Waals surface area contributed by atoms with Crippen molar-refractivity contribution < 1.29 is 0 Å². The molecule has 1 heterocycles. The fourth-order valence-electron chi connectivity index (χ4n) is 2.24. The van der Waals surface area contributed by atoms with Crippen molar-refractivity contribution in [3.8, 4) is 6.07 Å². The summed E-state index contributed by atoms with van der Waals surface area (Å²) in [5, 5.41) is 9.24. The molecule has 78 valence electrons. The zero-order chi connectivity index (χ0) is 10.9. The molecule has 0 bridgehead atoms. The van der Waals surface area contributed by atoms with Gasteiger partial charge < -0.3 is 4.90 Å². The minimum Gasteiger partial charge on any atom is -0.355 e. The van der Waals surface area contributed by atoms with Crippen LogP contribution in [-0.2, 0) is 0 Å². The largest absolute Gasteiger partial charge is 0.355 e. The summed E-state index contributed by atoms with van der Waals surface area (Å²) in [7, 11) is 0. The minimum atomic E-state index is -0.0000926. The van der Waals surface area contributed by atoms with Gasteiger partial charge in [0.15, 0.2) is 0 Å². The molecule has 0 spiro atoms. The number of nitriles is 1. The Morgan fingerprint density at radius 3 is 2.60 bits per heavy atom. The molecule has 1 aliphatic rings. The first-order valence-corrected chi connectivity index (χ1v) is 5.36. The van der Waals surface area contributed by atoms with Gasteiger partial charge in [-0.3, -0.25) is 0 Å². The van der Waals surface area contributed by atoms with Gasteiger partial charge in [0, 0.05) is 17.6 Å². The molecule has 0 amide bonds. The predicted molar refractivity (Wildman–Crippen MR) is 61.6 cm³/mol. The third kappa shape index (κ3) is 1.70. The molecular formula is C13H16N2. The van der Waals surface area contributed by atoms with E-state index >= 15 is 0 Å². The van der Waals surface area contributed by atoms with Gasteiger partial charge in [0.05, 0.1) is 6.07 Å². The van der Waals surface area contributed by atoms with Gasteiger partial charge in [0.1, 0.15) is 6.04 Å². The van der Waals surface area contributed by atoms with Gasteiger partial charge in [-0.1, -0.05) is 32.0 Å². The van der Waals surface area contributed by atoms with Crippen LogP contribution < -0.4 is 4.90 Å².